The first-order chi connectivity index (χ1) is 8.31. The van der Waals surface area contributed by atoms with Crippen LogP contribution in [0.5, 0.6) is 0 Å². The molecule has 0 spiro atoms. The van der Waals surface area contributed by atoms with Crippen LogP contribution < -0.4 is 0 Å². The monoisotopic (exact) mass is 259 g/mol. The molecule has 0 aromatic heterocycles. The highest BCUT2D eigenvalue weighted by molar-refractivity contribution is 7.99. The molecule has 0 N–H and O–H groups in total. The lowest BCUT2D eigenvalue weighted by Crippen LogP contribution is -1.74. The molecule has 0 aliphatic heterocycles. The van der Waals surface area contributed by atoms with E-state index in [-0.39, 0.29) is 0 Å². The Bertz CT molecular complexity index is 527. The summed E-state index contributed by atoms with van der Waals surface area (Å²) in [5.74, 6) is 0. The van der Waals surface area contributed by atoms with Gasteiger partial charge >= 0.3 is 5.69 Å². The molecule has 84 valence electrons. The maximum atomic E-state index is 8.59. The van der Waals surface area contributed by atoms with E-state index in [2.05, 4.69) is 35.5 Å². The molecule has 0 saturated carbocycles. The summed E-state index contributed by atoms with van der Waals surface area (Å²) in [6, 6.07) is 15.9. The van der Waals surface area contributed by atoms with Gasteiger partial charge in [-0.3, -0.25) is 0 Å². The van der Waals surface area contributed by atoms with E-state index in [0.29, 0.717) is 5.69 Å². The van der Waals surface area contributed by atoms with Crippen LogP contribution >= 0.6 is 23.5 Å². The minimum absolute atomic E-state index is 0.576. The average molecular weight is 259 g/mol. The third-order valence-electron chi connectivity index (χ3n) is 2.25. The van der Waals surface area contributed by atoms with Gasteiger partial charge in [-0.2, -0.15) is 0 Å². The normalized spacial score (nSPS) is 9.88. The molecule has 0 amide bonds. The highest BCUT2D eigenvalue weighted by Crippen LogP contribution is 2.30. The van der Waals surface area contributed by atoms with Gasteiger partial charge in [0.2, 0.25) is 5.39 Å². The Hall–Kier alpha value is -1.44. The molecule has 0 bridgehead atoms. The Morgan fingerprint density at radius 1 is 0.824 bits per heavy atom. The van der Waals surface area contributed by atoms with Crippen molar-refractivity contribution in [1.82, 2.24) is 0 Å². The van der Waals surface area contributed by atoms with Crippen LogP contribution in [-0.2, 0) is 0 Å². The zero-order valence-electron chi connectivity index (χ0n) is 9.33. The van der Waals surface area contributed by atoms with Crippen molar-refractivity contribution < 1.29 is 0 Å². The molecule has 0 aliphatic carbocycles. The summed E-state index contributed by atoms with van der Waals surface area (Å²) in [6.07, 6.45) is 2.07. The van der Waals surface area contributed by atoms with Crippen molar-refractivity contribution in [2.24, 2.45) is 0 Å². The van der Waals surface area contributed by atoms with Gasteiger partial charge in [0.05, 0.1) is 0 Å². The third-order valence-corrected chi connectivity index (χ3v) is 4.01. The Balaban J connectivity index is 2.11. The topological polar surface area (TPSA) is 28.1 Å². The highest BCUT2D eigenvalue weighted by atomic mass is 32.2. The van der Waals surface area contributed by atoms with Crippen LogP contribution in [0.15, 0.2) is 63.2 Å². The van der Waals surface area contributed by atoms with E-state index in [1.807, 2.05) is 12.1 Å². The van der Waals surface area contributed by atoms with Gasteiger partial charge in [-0.1, -0.05) is 11.8 Å². The summed E-state index contributed by atoms with van der Waals surface area (Å²) in [7, 11) is 0. The van der Waals surface area contributed by atoms with E-state index < -0.39 is 0 Å². The highest BCUT2D eigenvalue weighted by Gasteiger charge is 2.03. The number of nitrogens with zero attached hydrogens (tertiary/aromatic N) is 2. The summed E-state index contributed by atoms with van der Waals surface area (Å²) in [4.78, 5) is 6.74. The fraction of sp³-hybridized carbons (Fsp3) is 0.0769. The second-order valence-corrected chi connectivity index (χ2v) is 5.40. The molecule has 0 fully saturated rings. The van der Waals surface area contributed by atoms with Crippen molar-refractivity contribution in [2.45, 2.75) is 14.7 Å². The van der Waals surface area contributed by atoms with E-state index in [1.54, 1.807) is 35.7 Å². The molecule has 0 atom stereocenters. The van der Waals surface area contributed by atoms with Gasteiger partial charge in [0.25, 0.3) is 0 Å². The van der Waals surface area contributed by atoms with Gasteiger partial charge in [-0.25, -0.2) is 0 Å². The molecule has 17 heavy (non-hydrogen) atoms. The fourth-order valence-corrected chi connectivity index (χ4v) is 2.59. The quantitative estimate of drug-likeness (QED) is 0.570. The van der Waals surface area contributed by atoms with E-state index >= 15 is 0 Å². The minimum Gasteiger partial charge on any atom is -0.130 e. The molecule has 0 aliphatic rings. The molecule has 2 aromatic rings. The van der Waals surface area contributed by atoms with Crippen molar-refractivity contribution in [3.63, 3.8) is 0 Å². The summed E-state index contributed by atoms with van der Waals surface area (Å²) >= 11 is 3.43. The van der Waals surface area contributed by atoms with Gasteiger partial charge in [0.1, 0.15) is 0 Å². The van der Waals surface area contributed by atoms with Crippen molar-refractivity contribution in [2.75, 3.05) is 6.26 Å². The molecule has 0 radical (unpaired) electrons. The van der Waals surface area contributed by atoms with Gasteiger partial charge in [0.15, 0.2) is 4.98 Å². The van der Waals surface area contributed by atoms with E-state index in [9.17, 15) is 0 Å². The Morgan fingerprint density at radius 2 is 1.29 bits per heavy atom. The number of rotatable bonds is 3. The Morgan fingerprint density at radius 3 is 1.76 bits per heavy atom. The van der Waals surface area contributed by atoms with E-state index in [1.165, 1.54) is 9.79 Å². The smallest absolute Gasteiger partial charge is 0.130 e. The number of diazo groups is 1. The zero-order chi connectivity index (χ0) is 12.1. The molecule has 2 aromatic carbocycles. The Kier molecular flexibility index (Phi) is 4.08. The molecule has 2 nitrogen and oxygen atoms in total. The van der Waals surface area contributed by atoms with Gasteiger partial charge in [-0.05, 0) is 42.7 Å². The lowest BCUT2D eigenvalue weighted by molar-refractivity contribution is 1.34. The second kappa shape index (κ2) is 5.76. The summed E-state index contributed by atoms with van der Waals surface area (Å²) < 4.78 is 0. The Labute approximate surface area is 109 Å². The van der Waals surface area contributed by atoms with Crippen LogP contribution in [0.4, 0.5) is 5.69 Å². The first-order valence-electron chi connectivity index (χ1n) is 5.09. The van der Waals surface area contributed by atoms with Gasteiger partial charge in [0, 0.05) is 26.8 Å². The SMILES string of the molecule is CSc1ccc(Sc2ccc([N+]#N)cc2)cc1. The second-order valence-electron chi connectivity index (χ2n) is 3.37. The van der Waals surface area contributed by atoms with Crippen LogP contribution in [0.2, 0.25) is 0 Å². The summed E-state index contributed by atoms with van der Waals surface area (Å²) in [5.41, 5.74) is 0.576. The number of hydrogen-bond donors (Lipinski definition) is 0. The van der Waals surface area contributed by atoms with Crippen LogP contribution in [0.3, 0.4) is 0 Å². The molecule has 0 unspecified atom stereocenters. The number of hydrogen-bond acceptors (Lipinski definition) is 3. The molecular formula is C13H11N2S2+. The standard InChI is InChI=1S/C13H11N2S2/c1-16-11-6-8-13(9-7-11)17-12-4-2-10(15-14)3-5-12/h2-9H,1H3/q+1. The number of benzene rings is 2. The van der Waals surface area contributed by atoms with Crippen molar-refractivity contribution >= 4 is 29.2 Å². The van der Waals surface area contributed by atoms with E-state index in [0.717, 1.165) is 4.90 Å². The minimum atomic E-state index is 0.576. The van der Waals surface area contributed by atoms with Gasteiger partial charge < -0.3 is 0 Å². The average Bonchev–Trinajstić information content (AvgIpc) is 2.40. The predicted octanol–water partition coefficient (Wildman–Crippen LogP) is 5.04. The maximum Gasteiger partial charge on any atom is 0.385 e. The van der Waals surface area contributed by atoms with Crippen LogP contribution in [0.1, 0.15) is 0 Å². The molecular weight excluding hydrogens is 248 g/mol. The summed E-state index contributed by atoms with van der Waals surface area (Å²) in [5, 5.41) is 8.59. The first kappa shape index (κ1) is 12.0. The van der Waals surface area contributed by atoms with Gasteiger partial charge in [-0.15, -0.1) is 11.8 Å². The van der Waals surface area contributed by atoms with Crippen molar-refractivity contribution in [3.05, 3.63) is 53.5 Å². The van der Waals surface area contributed by atoms with Crippen molar-refractivity contribution in [3.8, 4) is 0 Å². The number of thioether (sulfide) groups is 1. The lowest BCUT2D eigenvalue weighted by atomic mass is 10.3. The lowest BCUT2D eigenvalue weighted by Gasteiger charge is -2.01. The first-order valence-corrected chi connectivity index (χ1v) is 7.13. The van der Waals surface area contributed by atoms with E-state index in [4.69, 9.17) is 5.39 Å². The molecule has 2 rings (SSSR count). The van der Waals surface area contributed by atoms with Crippen LogP contribution in [0.25, 0.3) is 4.98 Å². The largest absolute Gasteiger partial charge is 0.385 e. The maximum absolute atomic E-state index is 8.59. The van der Waals surface area contributed by atoms with Crippen molar-refractivity contribution in [1.29, 1.82) is 5.39 Å². The van der Waals surface area contributed by atoms with Crippen LogP contribution in [-0.4, -0.2) is 6.26 Å². The predicted molar refractivity (Wildman–Crippen MR) is 73.5 cm³/mol. The third kappa shape index (κ3) is 3.26. The fourth-order valence-electron chi connectivity index (χ4n) is 1.36. The molecule has 4 heteroatoms. The van der Waals surface area contributed by atoms with Crippen LogP contribution in [0, 0.1) is 5.39 Å². The molecule has 0 saturated heterocycles. The molecule has 0 heterocycles. The zero-order valence-corrected chi connectivity index (χ0v) is 11.0. The summed E-state index contributed by atoms with van der Waals surface area (Å²) in [6.45, 7) is 0.